The summed E-state index contributed by atoms with van der Waals surface area (Å²) in [6.45, 7) is 5.86. The molecule has 0 aliphatic rings. The first-order valence-corrected chi connectivity index (χ1v) is 10.1. The second kappa shape index (κ2) is 10.1. The normalized spacial score (nSPS) is 11.6. The van der Waals surface area contributed by atoms with Crippen LogP contribution in [0.5, 0.6) is 5.75 Å². The van der Waals surface area contributed by atoms with Gasteiger partial charge in [-0.2, -0.15) is 4.98 Å². The quantitative estimate of drug-likeness (QED) is 0.518. The van der Waals surface area contributed by atoms with Crippen molar-refractivity contribution in [2.75, 3.05) is 13.1 Å². The molecule has 1 atom stereocenters. The third-order valence-corrected chi connectivity index (χ3v) is 4.65. The van der Waals surface area contributed by atoms with E-state index in [0.29, 0.717) is 16.6 Å². The molecule has 0 spiro atoms. The smallest absolute Gasteiger partial charge is 0.316 e. The number of aryl methyl sites for hydroxylation is 2. The molecule has 0 saturated heterocycles. The van der Waals surface area contributed by atoms with Gasteiger partial charge in [-0.15, -0.1) is 0 Å². The molecule has 8 nitrogen and oxygen atoms in total. The number of benzene rings is 2. The highest BCUT2D eigenvalue weighted by Gasteiger charge is 2.17. The number of carbonyl (C=O) groups is 2. The summed E-state index contributed by atoms with van der Waals surface area (Å²) in [6, 6.07) is 12.7. The summed E-state index contributed by atoms with van der Waals surface area (Å²) in [5.74, 6) is -0.0330. The van der Waals surface area contributed by atoms with Gasteiger partial charge < -0.3 is 19.9 Å². The van der Waals surface area contributed by atoms with Gasteiger partial charge >= 0.3 is 11.8 Å². The van der Waals surface area contributed by atoms with Crippen LogP contribution in [0.3, 0.4) is 0 Å². The molecule has 0 aliphatic carbocycles. The van der Waals surface area contributed by atoms with Crippen LogP contribution in [0.4, 0.5) is 0 Å². The third kappa shape index (κ3) is 6.05. The lowest BCUT2D eigenvalue weighted by molar-refractivity contribution is -0.127. The van der Waals surface area contributed by atoms with E-state index < -0.39 is 12.0 Å². The van der Waals surface area contributed by atoms with Crippen molar-refractivity contribution in [1.29, 1.82) is 0 Å². The van der Waals surface area contributed by atoms with Crippen LogP contribution in [0.15, 0.2) is 47.0 Å². The molecule has 3 aromatic rings. The molecule has 9 heteroatoms. The molecule has 0 fully saturated rings. The Morgan fingerprint density at radius 2 is 1.90 bits per heavy atom. The van der Waals surface area contributed by atoms with Gasteiger partial charge in [0.15, 0.2) is 6.10 Å². The number of amides is 2. The van der Waals surface area contributed by atoms with Crippen molar-refractivity contribution in [3.8, 4) is 17.1 Å². The zero-order valence-corrected chi connectivity index (χ0v) is 18.2. The minimum Gasteiger partial charge on any atom is -0.481 e. The zero-order valence-electron chi connectivity index (χ0n) is 17.4. The molecule has 3 rings (SSSR count). The Labute approximate surface area is 184 Å². The number of rotatable bonds is 8. The third-order valence-electron chi connectivity index (χ3n) is 4.42. The lowest BCUT2D eigenvalue weighted by Crippen LogP contribution is -2.40. The Balaban J connectivity index is 1.44. The molecular weight excluding hydrogens is 420 g/mol. The first kappa shape index (κ1) is 22.3. The van der Waals surface area contributed by atoms with Crippen molar-refractivity contribution < 1.29 is 18.8 Å². The molecule has 0 saturated carbocycles. The van der Waals surface area contributed by atoms with Gasteiger partial charge in [-0.25, -0.2) is 0 Å². The average Bonchev–Trinajstić information content (AvgIpc) is 3.23. The summed E-state index contributed by atoms with van der Waals surface area (Å²) in [6.07, 6.45) is -0.705. The lowest BCUT2D eigenvalue weighted by atomic mass is 10.1. The van der Waals surface area contributed by atoms with Crippen LogP contribution < -0.4 is 15.4 Å². The van der Waals surface area contributed by atoms with Crippen molar-refractivity contribution in [2.24, 2.45) is 0 Å². The summed E-state index contributed by atoms with van der Waals surface area (Å²) >= 11 is 5.92. The highest BCUT2D eigenvalue weighted by molar-refractivity contribution is 6.30. The molecule has 1 heterocycles. The second-order valence-electron chi connectivity index (χ2n) is 7.01. The van der Waals surface area contributed by atoms with Gasteiger partial charge in [-0.1, -0.05) is 40.5 Å². The average molecular weight is 443 g/mol. The summed E-state index contributed by atoms with van der Waals surface area (Å²) < 4.78 is 10.7. The maximum atomic E-state index is 12.2. The monoisotopic (exact) mass is 442 g/mol. The fourth-order valence-electron chi connectivity index (χ4n) is 2.79. The first-order chi connectivity index (χ1) is 14.8. The summed E-state index contributed by atoms with van der Waals surface area (Å²) in [5.41, 5.74) is 2.65. The number of nitrogens with zero attached hydrogens (tertiary/aromatic N) is 2. The van der Waals surface area contributed by atoms with E-state index in [1.165, 1.54) is 0 Å². The van der Waals surface area contributed by atoms with E-state index >= 15 is 0 Å². The lowest BCUT2D eigenvalue weighted by Gasteiger charge is -2.16. The van der Waals surface area contributed by atoms with Gasteiger partial charge in [0.25, 0.3) is 5.91 Å². The predicted octanol–water partition coefficient (Wildman–Crippen LogP) is 3.32. The standard InChI is InChI=1S/C22H23ClN4O4/c1-13-5-4-6-16(11-13)19-26-22(31-27-19)21(29)25-10-9-24-20(28)15(3)30-18-8-7-17(23)12-14(18)2/h4-8,11-12,15H,9-10H2,1-3H3,(H,24,28)(H,25,29). The number of aromatic nitrogens is 2. The molecule has 31 heavy (non-hydrogen) atoms. The van der Waals surface area contributed by atoms with Gasteiger partial charge in [0.1, 0.15) is 5.75 Å². The molecule has 2 aromatic carbocycles. The van der Waals surface area contributed by atoms with E-state index in [9.17, 15) is 9.59 Å². The van der Waals surface area contributed by atoms with Gasteiger partial charge in [0.05, 0.1) is 0 Å². The maximum Gasteiger partial charge on any atom is 0.316 e. The first-order valence-electron chi connectivity index (χ1n) is 9.73. The van der Waals surface area contributed by atoms with Crippen LogP contribution >= 0.6 is 11.6 Å². The van der Waals surface area contributed by atoms with Gasteiger partial charge in [-0.05, 0) is 50.6 Å². The van der Waals surface area contributed by atoms with E-state index in [2.05, 4.69) is 20.8 Å². The van der Waals surface area contributed by atoms with Crippen LogP contribution in [-0.4, -0.2) is 41.1 Å². The Bertz CT molecular complexity index is 1080. The molecule has 0 radical (unpaired) electrons. The molecule has 162 valence electrons. The molecule has 0 aliphatic heterocycles. The predicted molar refractivity (Wildman–Crippen MR) is 116 cm³/mol. The van der Waals surface area contributed by atoms with Crippen LogP contribution in [0.1, 0.15) is 28.7 Å². The Morgan fingerprint density at radius 1 is 1.13 bits per heavy atom. The van der Waals surface area contributed by atoms with E-state index in [0.717, 1.165) is 16.7 Å². The fraction of sp³-hybridized carbons (Fsp3) is 0.273. The minimum atomic E-state index is -0.705. The Kier molecular flexibility index (Phi) is 7.25. The van der Waals surface area contributed by atoms with Crippen LogP contribution in [-0.2, 0) is 4.79 Å². The number of ether oxygens (including phenoxy) is 1. The number of hydrogen-bond acceptors (Lipinski definition) is 6. The molecule has 0 bridgehead atoms. The molecule has 1 aromatic heterocycles. The fourth-order valence-corrected chi connectivity index (χ4v) is 3.01. The molecular formula is C22H23ClN4O4. The molecule has 1 unspecified atom stereocenters. The van der Waals surface area contributed by atoms with E-state index in [4.69, 9.17) is 20.9 Å². The number of hydrogen-bond donors (Lipinski definition) is 2. The summed E-state index contributed by atoms with van der Waals surface area (Å²) in [5, 5.41) is 9.78. The van der Waals surface area contributed by atoms with Crippen LogP contribution in [0.2, 0.25) is 5.02 Å². The number of nitrogens with one attached hydrogen (secondary N) is 2. The van der Waals surface area contributed by atoms with E-state index in [-0.39, 0.29) is 24.9 Å². The Morgan fingerprint density at radius 3 is 2.65 bits per heavy atom. The highest BCUT2D eigenvalue weighted by atomic mass is 35.5. The van der Waals surface area contributed by atoms with E-state index in [1.807, 2.05) is 38.1 Å². The largest absolute Gasteiger partial charge is 0.481 e. The maximum absolute atomic E-state index is 12.2. The van der Waals surface area contributed by atoms with Gasteiger partial charge in [-0.3, -0.25) is 9.59 Å². The van der Waals surface area contributed by atoms with Crippen molar-refractivity contribution in [1.82, 2.24) is 20.8 Å². The van der Waals surface area contributed by atoms with Crippen LogP contribution in [0, 0.1) is 13.8 Å². The van der Waals surface area contributed by atoms with Gasteiger partial charge in [0, 0.05) is 23.7 Å². The zero-order chi connectivity index (χ0) is 22.4. The SMILES string of the molecule is Cc1cccc(-c2noc(C(=O)NCCNC(=O)C(C)Oc3ccc(Cl)cc3C)n2)c1. The van der Waals surface area contributed by atoms with Crippen molar-refractivity contribution >= 4 is 23.4 Å². The summed E-state index contributed by atoms with van der Waals surface area (Å²) in [7, 11) is 0. The second-order valence-corrected chi connectivity index (χ2v) is 7.45. The Hall–Kier alpha value is -3.39. The van der Waals surface area contributed by atoms with Crippen LogP contribution in [0.25, 0.3) is 11.4 Å². The number of carbonyl (C=O) groups excluding carboxylic acids is 2. The van der Waals surface area contributed by atoms with Gasteiger partial charge in [0.2, 0.25) is 5.82 Å². The highest BCUT2D eigenvalue weighted by Crippen LogP contribution is 2.22. The van der Waals surface area contributed by atoms with Crippen molar-refractivity contribution in [2.45, 2.75) is 26.9 Å². The minimum absolute atomic E-state index is 0.141. The molecule has 2 amide bonds. The molecule has 2 N–H and O–H groups in total. The van der Waals surface area contributed by atoms with Crippen molar-refractivity contribution in [3.05, 3.63) is 64.5 Å². The number of halogens is 1. The van der Waals surface area contributed by atoms with Crippen molar-refractivity contribution in [3.63, 3.8) is 0 Å². The van der Waals surface area contributed by atoms with E-state index in [1.54, 1.807) is 25.1 Å². The summed E-state index contributed by atoms with van der Waals surface area (Å²) in [4.78, 5) is 28.5. The topological polar surface area (TPSA) is 106 Å².